The van der Waals surface area contributed by atoms with E-state index >= 15 is 0 Å². The Labute approximate surface area is 238 Å². The maximum absolute atomic E-state index is 13.5. The van der Waals surface area contributed by atoms with Gasteiger partial charge in [0.05, 0.1) is 29.5 Å². The summed E-state index contributed by atoms with van der Waals surface area (Å²) in [5, 5.41) is 11.6. The van der Waals surface area contributed by atoms with Crippen molar-refractivity contribution in [2.24, 2.45) is 65.1 Å². The zero-order chi connectivity index (χ0) is 28.0. The van der Waals surface area contributed by atoms with Crippen LogP contribution in [0.4, 0.5) is 0 Å². The summed E-state index contributed by atoms with van der Waals surface area (Å²) in [5.41, 5.74) is -1.07. The number of ether oxygens (including phenoxy) is 3. The van der Waals surface area contributed by atoms with Crippen molar-refractivity contribution in [3.8, 4) is 0 Å². The number of carbonyl (C=O) groups excluding carboxylic acids is 3. The molecule has 0 aromatic rings. The molecule has 8 saturated carbocycles. The summed E-state index contributed by atoms with van der Waals surface area (Å²) in [5.74, 6) is 0.589. The monoisotopic (exact) mass is 556 g/mol. The highest BCUT2D eigenvalue weighted by Crippen LogP contribution is 2.61. The molecule has 1 heterocycles. The number of hydrogen-bond acceptors (Lipinski definition) is 7. The smallest absolute Gasteiger partial charge is 0.320 e. The van der Waals surface area contributed by atoms with Crippen LogP contribution in [0.2, 0.25) is 0 Å². The Balaban J connectivity index is 0.957. The van der Waals surface area contributed by atoms with Gasteiger partial charge in [-0.05, 0) is 138 Å². The first kappa shape index (κ1) is 27.4. The van der Waals surface area contributed by atoms with Gasteiger partial charge in [0, 0.05) is 6.61 Å². The molecule has 1 N–H and O–H groups in total. The zero-order valence-corrected chi connectivity index (χ0v) is 24.5. The van der Waals surface area contributed by atoms with Gasteiger partial charge in [-0.1, -0.05) is 6.92 Å². The first-order valence-electron chi connectivity index (χ1n) is 16.4. The minimum atomic E-state index is -0.899. The molecule has 7 nitrogen and oxygen atoms in total. The fourth-order valence-corrected chi connectivity index (χ4v) is 11.4. The van der Waals surface area contributed by atoms with Crippen molar-refractivity contribution in [3.63, 3.8) is 0 Å². The molecule has 0 aromatic heterocycles. The first-order valence-corrected chi connectivity index (χ1v) is 16.4. The van der Waals surface area contributed by atoms with E-state index in [9.17, 15) is 19.5 Å². The topological polar surface area (TPSA) is 99.1 Å². The first-order chi connectivity index (χ1) is 19.0. The van der Waals surface area contributed by atoms with Gasteiger partial charge in [-0.15, -0.1) is 0 Å². The van der Waals surface area contributed by atoms with Crippen molar-refractivity contribution in [3.05, 3.63) is 0 Å². The van der Waals surface area contributed by atoms with Crippen LogP contribution in [0, 0.1) is 65.1 Å². The molecule has 8 aliphatic carbocycles. The highest BCUT2D eigenvalue weighted by molar-refractivity contribution is 5.99. The summed E-state index contributed by atoms with van der Waals surface area (Å²) in [6.07, 6.45) is 12.7. The van der Waals surface area contributed by atoms with Gasteiger partial charge in [-0.3, -0.25) is 14.4 Å². The van der Waals surface area contributed by atoms with E-state index in [0.717, 1.165) is 81.5 Å². The summed E-state index contributed by atoms with van der Waals surface area (Å²) in [4.78, 5) is 39.2. The Kier molecular flexibility index (Phi) is 6.70. The van der Waals surface area contributed by atoms with Crippen molar-refractivity contribution in [1.29, 1.82) is 0 Å². The molecule has 4 unspecified atom stereocenters. The number of aliphatic hydroxyl groups is 1. The van der Waals surface area contributed by atoms with E-state index in [1.54, 1.807) is 13.8 Å². The second kappa shape index (κ2) is 9.79. The lowest BCUT2D eigenvalue weighted by molar-refractivity contribution is -0.208. The minimum absolute atomic E-state index is 0.388. The maximum Gasteiger partial charge on any atom is 0.320 e. The lowest BCUT2D eigenvalue weighted by Gasteiger charge is -2.59. The third kappa shape index (κ3) is 4.30. The molecule has 0 radical (unpaired) electrons. The fourth-order valence-electron chi connectivity index (χ4n) is 11.4. The Bertz CT molecular complexity index is 993. The van der Waals surface area contributed by atoms with Crippen LogP contribution in [0.15, 0.2) is 0 Å². The molecule has 8 bridgehead atoms. The van der Waals surface area contributed by atoms with E-state index in [-0.39, 0.29) is 0 Å². The van der Waals surface area contributed by atoms with E-state index in [2.05, 4.69) is 6.92 Å². The number of hydrogen-bond donors (Lipinski definition) is 1. The molecule has 1 saturated heterocycles. The molecule has 0 aromatic carbocycles. The van der Waals surface area contributed by atoms with Gasteiger partial charge in [0.2, 0.25) is 0 Å². The lowest BCUT2D eigenvalue weighted by atomic mass is 9.49. The van der Waals surface area contributed by atoms with E-state index in [1.807, 2.05) is 0 Å². The van der Waals surface area contributed by atoms with Crippen molar-refractivity contribution in [2.45, 2.75) is 115 Å². The van der Waals surface area contributed by atoms with Crippen LogP contribution in [-0.4, -0.2) is 46.9 Å². The van der Waals surface area contributed by atoms with Crippen LogP contribution in [0.25, 0.3) is 0 Å². The number of esters is 3. The van der Waals surface area contributed by atoms with Crippen LogP contribution in [0.1, 0.15) is 97.8 Å². The molecular formula is C33H48O7. The quantitative estimate of drug-likeness (QED) is 0.241. The average molecular weight is 557 g/mol. The largest absolute Gasteiger partial charge is 0.459 e. The van der Waals surface area contributed by atoms with Crippen LogP contribution in [0.5, 0.6) is 0 Å². The molecule has 222 valence electrons. The van der Waals surface area contributed by atoms with Gasteiger partial charge in [0.25, 0.3) is 0 Å². The molecule has 9 aliphatic rings. The normalized spacial score (nSPS) is 49.8. The second-order valence-corrected chi connectivity index (χ2v) is 15.5. The third-order valence-electron chi connectivity index (χ3n) is 13.3. The van der Waals surface area contributed by atoms with Gasteiger partial charge < -0.3 is 19.3 Å². The Morgan fingerprint density at radius 1 is 0.825 bits per heavy atom. The van der Waals surface area contributed by atoms with Gasteiger partial charge in [0.15, 0.2) is 0 Å². The molecule has 7 heteroatoms. The Morgan fingerprint density at radius 3 is 1.82 bits per heavy atom. The van der Waals surface area contributed by atoms with Crippen LogP contribution >= 0.6 is 0 Å². The summed E-state index contributed by atoms with van der Waals surface area (Å²) in [6, 6.07) is 0. The van der Waals surface area contributed by atoms with Crippen molar-refractivity contribution < 1.29 is 33.7 Å². The standard InChI is InChI=1S/C33H48O7/c1-17(29(34)40-32(3)23-9-19-7-20(11-23)12-24(32)10-19)27-28(31(36)39-30(27)35)18(2)38-6-4-5-33(37)25-13-21-8-22(15-25)16-26(33)14-21/h17-28,37H,4-16H2,1-3H3. The second-order valence-electron chi connectivity index (χ2n) is 15.5. The van der Waals surface area contributed by atoms with E-state index in [0.29, 0.717) is 36.7 Å². The highest BCUT2D eigenvalue weighted by Gasteiger charge is 2.59. The molecule has 1 aliphatic heterocycles. The molecule has 0 amide bonds. The molecule has 9 fully saturated rings. The predicted molar refractivity (Wildman–Crippen MR) is 145 cm³/mol. The Hall–Kier alpha value is -1.47. The summed E-state index contributed by atoms with van der Waals surface area (Å²) in [6.45, 7) is 6.01. The SMILES string of the molecule is CC(OCCCC1(O)C2CC3CC(C2)CC1C3)C1C(=O)OC(=O)C1C(C)C(=O)OC1(C)C2CC3CC(C2)CC1C3. The zero-order valence-electron chi connectivity index (χ0n) is 24.5. The minimum Gasteiger partial charge on any atom is -0.459 e. The molecule has 4 atom stereocenters. The van der Waals surface area contributed by atoms with Gasteiger partial charge >= 0.3 is 17.9 Å². The highest BCUT2D eigenvalue weighted by atomic mass is 16.6. The van der Waals surface area contributed by atoms with Crippen LogP contribution in [-0.2, 0) is 28.6 Å². The molecule has 9 rings (SSSR count). The van der Waals surface area contributed by atoms with Crippen LogP contribution < -0.4 is 0 Å². The van der Waals surface area contributed by atoms with E-state index in [1.165, 1.54) is 12.8 Å². The maximum atomic E-state index is 13.5. The van der Waals surface area contributed by atoms with Gasteiger partial charge in [0.1, 0.15) is 5.60 Å². The summed E-state index contributed by atoms with van der Waals surface area (Å²) < 4.78 is 17.5. The van der Waals surface area contributed by atoms with Crippen LogP contribution in [0.3, 0.4) is 0 Å². The Morgan fingerprint density at radius 2 is 1.30 bits per heavy atom. The van der Waals surface area contributed by atoms with Crippen molar-refractivity contribution >= 4 is 17.9 Å². The molecule has 40 heavy (non-hydrogen) atoms. The lowest BCUT2D eigenvalue weighted by Crippen LogP contribution is -2.58. The van der Waals surface area contributed by atoms with E-state index in [4.69, 9.17) is 14.2 Å². The number of rotatable bonds is 9. The van der Waals surface area contributed by atoms with Gasteiger partial charge in [-0.2, -0.15) is 0 Å². The van der Waals surface area contributed by atoms with Crippen molar-refractivity contribution in [2.75, 3.05) is 6.61 Å². The molecule has 0 spiro atoms. The third-order valence-corrected chi connectivity index (χ3v) is 13.3. The molecular weight excluding hydrogens is 508 g/mol. The number of cyclic esters (lactones) is 2. The summed E-state index contributed by atoms with van der Waals surface area (Å²) in [7, 11) is 0. The van der Waals surface area contributed by atoms with Crippen molar-refractivity contribution in [1.82, 2.24) is 0 Å². The average Bonchev–Trinajstić information content (AvgIpc) is 3.20. The fraction of sp³-hybridized carbons (Fsp3) is 0.909. The predicted octanol–water partition coefficient (Wildman–Crippen LogP) is 5.07. The van der Waals surface area contributed by atoms with Gasteiger partial charge in [-0.25, -0.2) is 0 Å². The van der Waals surface area contributed by atoms with E-state index < -0.39 is 53.0 Å². The summed E-state index contributed by atoms with van der Waals surface area (Å²) >= 11 is 0. The number of carbonyl (C=O) groups is 3.